The molecule has 1 unspecified atom stereocenters. The van der Waals surface area contributed by atoms with E-state index in [9.17, 15) is 9.90 Å². The van der Waals surface area contributed by atoms with Crippen LogP contribution in [0.5, 0.6) is 0 Å². The molecule has 15 heavy (non-hydrogen) atoms. The number of rotatable bonds is 7. The van der Waals surface area contributed by atoms with Crippen molar-refractivity contribution < 1.29 is 24.6 Å². The van der Waals surface area contributed by atoms with Gasteiger partial charge in [0.2, 0.25) is 0 Å². The number of carbonyl (C=O) groups is 1. The Bertz CT molecular complexity index is 203. The fraction of sp³-hybridized carbons (Fsp3) is 0.889. The van der Waals surface area contributed by atoms with Crippen LogP contribution in [0.1, 0.15) is 0 Å². The Labute approximate surface area is 89.7 Å². The van der Waals surface area contributed by atoms with Gasteiger partial charge in [0.15, 0.2) is 0 Å². The number of hydrogen-bond donors (Lipinski definition) is 4. The van der Waals surface area contributed by atoms with E-state index in [0.717, 1.165) is 0 Å². The summed E-state index contributed by atoms with van der Waals surface area (Å²) in [5.41, 5.74) is 0. The fourth-order valence-corrected chi connectivity index (χ4v) is 1.21. The number of likely N-dealkylation sites (N-methyl/N-ethyl adjacent to an activating group) is 1. The Balaban J connectivity index is 3.88. The predicted octanol–water partition coefficient (Wildman–Crippen LogP) is -1.91. The lowest BCUT2D eigenvalue weighted by molar-refractivity contribution is -0.873. The summed E-state index contributed by atoms with van der Waals surface area (Å²) in [5.74, 6) is -1.12. The Morgan fingerprint density at radius 1 is 1.40 bits per heavy atom. The van der Waals surface area contributed by atoms with Gasteiger partial charge in [-0.25, -0.2) is 0 Å². The Morgan fingerprint density at radius 2 is 1.93 bits per heavy atom. The van der Waals surface area contributed by atoms with Gasteiger partial charge in [-0.05, 0) is 0 Å². The van der Waals surface area contributed by atoms with E-state index < -0.39 is 24.7 Å². The summed E-state index contributed by atoms with van der Waals surface area (Å²) in [7, 11) is 5.80. The van der Waals surface area contributed by atoms with Gasteiger partial charge in [-0.2, -0.15) is 0 Å². The van der Waals surface area contributed by atoms with Gasteiger partial charge in [-0.1, -0.05) is 0 Å². The first-order valence-corrected chi connectivity index (χ1v) is 4.82. The van der Waals surface area contributed by atoms with E-state index in [-0.39, 0.29) is 6.54 Å². The highest BCUT2D eigenvalue weighted by molar-refractivity contribution is 5.73. The summed E-state index contributed by atoms with van der Waals surface area (Å²) < 4.78 is 0.597. The maximum absolute atomic E-state index is 10.5. The van der Waals surface area contributed by atoms with E-state index in [1.54, 1.807) is 0 Å². The van der Waals surface area contributed by atoms with Gasteiger partial charge >= 0.3 is 5.97 Å². The van der Waals surface area contributed by atoms with Crippen molar-refractivity contribution in [1.82, 2.24) is 5.32 Å². The predicted molar refractivity (Wildman–Crippen MR) is 55.4 cm³/mol. The smallest absolute Gasteiger partial charge is 0.323 e. The normalized spacial score (nSPS) is 16.1. The summed E-state index contributed by atoms with van der Waals surface area (Å²) in [4.78, 5) is 10.5. The Morgan fingerprint density at radius 3 is 2.27 bits per heavy atom. The number of nitrogens with zero attached hydrogens (tertiary/aromatic N) is 1. The van der Waals surface area contributed by atoms with Gasteiger partial charge < -0.3 is 19.8 Å². The highest BCUT2D eigenvalue weighted by Gasteiger charge is 2.19. The van der Waals surface area contributed by atoms with Crippen LogP contribution in [-0.2, 0) is 4.79 Å². The number of aliphatic carboxylic acids is 1. The molecule has 6 heteroatoms. The minimum atomic E-state index is -1.12. The van der Waals surface area contributed by atoms with Crippen molar-refractivity contribution in [3.8, 4) is 0 Å². The van der Waals surface area contributed by atoms with Gasteiger partial charge in [0.1, 0.15) is 18.7 Å². The van der Waals surface area contributed by atoms with Gasteiger partial charge in [0, 0.05) is 6.54 Å². The molecule has 0 aromatic heterocycles. The Hall–Kier alpha value is -0.690. The van der Waals surface area contributed by atoms with Crippen LogP contribution in [0.2, 0.25) is 0 Å². The molecule has 0 radical (unpaired) electrons. The maximum atomic E-state index is 10.5. The minimum absolute atomic E-state index is 0.160. The first kappa shape index (κ1) is 14.3. The van der Waals surface area contributed by atoms with Crippen LogP contribution >= 0.6 is 0 Å². The second-order valence-electron chi connectivity index (χ2n) is 4.61. The number of nitrogens with one attached hydrogen (secondary N) is 1. The minimum Gasteiger partial charge on any atom is -0.480 e. The summed E-state index contributed by atoms with van der Waals surface area (Å²) in [6, 6.07) is -1.01. The van der Waals surface area contributed by atoms with Gasteiger partial charge in [0.25, 0.3) is 0 Å². The van der Waals surface area contributed by atoms with Gasteiger partial charge in [0.05, 0.1) is 27.7 Å². The molecule has 0 spiro atoms. The van der Waals surface area contributed by atoms with Crippen LogP contribution in [0.15, 0.2) is 0 Å². The molecule has 0 saturated carbocycles. The topological polar surface area (TPSA) is 89.8 Å². The zero-order valence-electron chi connectivity index (χ0n) is 9.47. The molecular weight excluding hydrogens is 200 g/mol. The van der Waals surface area contributed by atoms with E-state index >= 15 is 0 Å². The number of aliphatic hydroxyl groups excluding tert-OH is 2. The lowest BCUT2D eigenvalue weighted by atomic mass is 10.2. The van der Waals surface area contributed by atoms with E-state index in [1.807, 2.05) is 21.1 Å². The van der Waals surface area contributed by atoms with Gasteiger partial charge in [-0.3, -0.25) is 10.1 Å². The Kier molecular flexibility index (Phi) is 5.74. The summed E-state index contributed by atoms with van der Waals surface area (Å²) in [6.07, 6.45) is -0.626. The summed E-state index contributed by atoms with van der Waals surface area (Å²) >= 11 is 0. The number of quaternary nitrogens is 1. The molecule has 0 aromatic carbocycles. The fourth-order valence-electron chi connectivity index (χ4n) is 1.21. The van der Waals surface area contributed by atoms with E-state index in [4.69, 9.17) is 10.2 Å². The molecule has 0 saturated heterocycles. The molecule has 90 valence electrons. The molecule has 0 fully saturated rings. The number of aliphatic hydroxyl groups is 2. The molecule has 6 nitrogen and oxygen atoms in total. The molecule has 4 N–H and O–H groups in total. The van der Waals surface area contributed by atoms with Crippen molar-refractivity contribution in [2.24, 2.45) is 0 Å². The second-order valence-corrected chi connectivity index (χ2v) is 4.61. The molecule has 0 aliphatic rings. The molecule has 2 atom stereocenters. The lowest BCUT2D eigenvalue weighted by Gasteiger charge is -2.27. The molecule has 0 bridgehead atoms. The first-order chi connectivity index (χ1) is 6.76. The monoisotopic (exact) mass is 221 g/mol. The molecule has 0 aromatic rings. The van der Waals surface area contributed by atoms with E-state index in [0.29, 0.717) is 11.0 Å². The molecule has 0 rings (SSSR count). The molecule has 0 amide bonds. The van der Waals surface area contributed by atoms with Crippen LogP contribution in [0.4, 0.5) is 0 Å². The van der Waals surface area contributed by atoms with Crippen molar-refractivity contribution in [1.29, 1.82) is 0 Å². The lowest BCUT2D eigenvalue weighted by Crippen LogP contribution is -2.48. The van der Waals surface area contributed by atoms with Crippen LogP contribution in [0, 0.1) is 0 Å². The van der Waals surface area contributed by atoms with Crippen LogP contribution in [-0.4, -0.2) is 78.8 Å². The average molecular weight is 221 g/mol. The zero-order valence-corrected chi connectivity index (χ0v) is 9.47. The highest BCUT2D eigenvalue weighted by Crippen LogP contribution is 1.94. The second kappa shape index (κ2) is 6.02. The largest absolute Gasteiger partial charge is 0.480 e. The summed E-state index contributed by atoms with van der Waals surface area (Å²) in [5, 5.41) is 29.5. The third-order valence-electron chi connectivity index (χ3n) is 1.84. The van der Waals surface area contributed by atoms with Crippen molar-refractivity contribution in [3.63, 3.8) is 0 Å². The molecule has 0 heterocycles. The zero-order chi connectivity index (χ0) is 12.1. The molecule has 0 aliphatic carbocycles. The third kappa shape index (κ3) is 7.26. The quantitative estimate of drug-likeness (QED) is 0.377. The standard InChI is InChI=1S/C9H20N2O4/c1-11(2,3)5-7(13)4-10-8(6-12)9(14)15/h7-8,10,12-13H,4-6H2,1-3H3/p+1/t7?,8-/m0/s1. The van der Waals surface area contributed by atoms with E-state index in [2.05, 4.69) is 5.32 Å². The third-order valence-corrected chi connectivity index (χ3v) is 1.84. The summed E-state index contributed by atoms with van der Waals surface area (Å²) in [6.45, 7) is 0.199. The van der Waals surface area contributed by atoms with Crippen LogP contribution in [0.25, 0.3) is 0 Å². The SMILES string of the molecule is C[N+](C)(C)CC(O)CN[C@@H](CO)C(=O)O. The first-order valence-electron chi connectivity index (χ1n) is 4.82. The number of hydrogen-bond acceptors (Lipinski definition) is 4. The average Bonchev–Trinajstić information content (AvgIpc) is 2.01. The van der Waals surface area contributed by atoms with Crippen LogP contribution < -0.4 is 5.32 Å². The van der Waals surface area contributed by atoms with Crippen molar-refractivity contribution >= 4 is 5.97 Å². The highest BCUT2D eigenvalue weighted by atomic mass is 16.4. The number of carboxylic acid groups (broad SMARTS) is 1. The van der Waals surface area contributed by atoms with Crippen LogP contribution in [0.3, 0.4) is 0 Å². The van der Waals surface area contributed by atoms with Gasteiger partial charge in [-0.15, -0.1) is 0 Å². The van der Waals surface area contributed by atoms with E-state index in [1.165, 1.54) is 0 Å². The van der Waals surface area contributed by atoms with Crippen molar-refractivity contribution in [3.05, 3.63) is 0 Å². The van der Waals surface area contributed by atoms with Crippen molar-refractivity contribution in [2.45, 2.75) is 12.1 Å². The molecule has 0 aliphatic heterocycles. The van der Waals surface area contributed by atoms with Crippen molar-refractivity contribution in [2.75, 3.05) is 40.8 Å². The maximum Gasteiger partial charge on any atom is 0.323 e. The number of carboxylic acids is 1. The molecular formula is C9H21N2O4+.